The minimum absolute atomic E-state index is 0. The molecule has 0 bridgehead atoms. The molecule has 0 fully saturated rings. The molecule has 1 aliphatic rings. The first-order valence-electron chi connectivity index (χ1n) is 7.04. The van der Waals surface area contributed by atoms with E-state index in [9.17, 15) is 9.59 Å². The van der Waals surface area contributed by atoms with Crippen LogP contribution in [0.4, 0.5) is 0 Å². The molecule has 0 spiro atoms. The Morgan fingerprint density at radius 1 is 1.14 bits per heavy atom. The van der Waals surface area contributed by atoms with Crippen LogP contribution < -0.4 is 16.0 Å². The maximum Gasteiger partial charge on any atom is 0.239 e. The summed E-state index contributed by atoms with van der Waals surface area (Å²) in [5.41, 5.74) is 3.71. The minimum atomic E-state index is -0.159. The number of amides is 2. The van der Waals surface area contributed by atoms with Crippen LogP contribution in [0.15, 0.2) is 18.2 Å². The number of benzene rings is 1. The van der Waals surface area contributed by atoms with E-state index in [0.717, 1.165) is 25.1 Å². The Bertz CT molecular complexity index is 506. The van der Waals surface area contributed by atoms with Gasteiger partial charge in [0.15, 0.2) is 0 Å². The van der Waals surface area contributed by atoms with Gasteiger partial charge in [-0.2, -0.15) is 0 Å². The monoisotopic (exact) mass is 311 g/mol. The molecule has 3 N–H and O–H groups in total. The molecule has 5 nitrogen and oxygen atoms in total. The van der Waals surface area contributed by atoms with Gasteiger partial charge in [0.25, 0.3) is 0 Å². The first-order chi connectivity index (χ1) is 9.69. The summed E-state index contributed by atoms with van der Waals surface area (Å²) in [6.45, 7) is 4.29. The fraction of sp³-hybridized carbons (Fsp3) is 0.467. The van der Waals surface area contributed by atoms with Crippen LogP contribution in [-0.2, 0) is 29.2 Å². The van der Waals surface area contributed by atoms with Crippen molar-refractivity contribution in [1.82, 2.24) is 16.0 Å². The average molecular weight is 312 g/mol. The topological polar surface area (TPSA) is 70.2 Å². The van der Waals surface area contributed by atoms with Gasteiger partial charge in [-0.3, -0.25) is 9.59 Å². The number of fused-ring (bicyclic) bond motifs is 1. The molecule has 1 aliphatic heterocycles. The lowest BCUT2D eigenvalue weighted by molar-refractivity contribution is -0.126. The van der Waals surface area contributed by atoms with Crippen molar-refractivity contribution < 1.29 is 9.59 Å². The molecule has 1 aromatic rings. The highest BCUT2D eigenvalue weighted by molar-refractivity contribution is 5.85. The van der Waals surface area contributed by atoms with E-state index in [1.54, 1.807) is 0 Å². The third-order valence-electron chi connectivity index (χ3n) is 3.31. The average Bonchev–Trinajstić information content (AvgIpc) is 2.90. The van der Waals surface area contributed by atoms with Gasteiger partial charge >= 0.3 is 0 Å². The highest BCUT2D eigenvalue weighted by Crippen LogP contribution is 2.16. The fourth-order valence-corrected chi connectivity index (χ4v) is 2.22. The molecule has 0 saturated heterocycles. The van der Waals surface area contributed by atoms with Crippen LogP contribution in [0.1, 0.15) is 36.5 Å². The van der Waals surface area contributed by atoms with Crippen LogP contribution in [0.3, 0.4) is 0 Å². The molecule has 1 aromatic carbocycles. The minimum Gasteiger partial charge on any atom is -0.350 e. The van der Waals surface area contributed by atoms with E-state index in [1.165, 1.54) is 11.1 Å². The summed E-state index contributed by atoms with van der Waals surface area (Å²) in [6, 6.07) is 6.24. The van der Waals surface area contributed by atoms with Gasteiger partial charge in [-0.05, 0) is 23.1 Å². The van der Waals surface area contributed by atoms with E-state index < -0.39 is 0 Å². The maximum absolute atomic E-state index is 11.6. The summed E-state index contributed by atoms with van der Waals surface area (Å²) in [6.07, 6.45) is 1.25. The Balaban J connectivity index is 0.00000220. The third-order valence-corrected chi connectivity index (χ3v) is 3.31. The first kappa shape index (κ1) is 17.5. The van der Waals surface area contributed by atoms with Crippen LogP contribution in [0.2, 0.25) is 0 Å². The van der Waals surface area contributed by atoms with Crippen molar-refractivity contribution >= 4 is 24.2 Å². The van der Waals surface area contributed by atoms with Gasteiger partial charge in [0.05, 0.1) is 6.54 Å². The summed E-state index contributed by atoms with van der Waals surface area (Å²) in [4.78, 5) is 22.9. The van der Waals surface area contributed by atoms with E-state index in [1.807, 2.05) is 13.0 Å². The van der Waals surface area contributed by atoms with Crippen molar-refractivity contribution in [2.75, 3.05) is 6.54 Å². The molecule has 0 aliphatic carbocycles. The van der Waals surface area contributed by atoms with Gasteiger partial charge in [0, 0.05) is 26.1 Å². The van der Waals surface area contributed by atoms with Gasteiger partial charge in [-0.25, -0.2) is 0 Å². The van der Waals surface area contributed by atoms with Crippen molar-refractivity contribution in [2.24, 2.45) is 0 Å². The number of halogens is 1. The third kappa shape index (κ3) is 5.36. The molecular formula is C15H22ClN3O2. The molecule has 0 radical (unpaired) electrons. The van der Waals surface area contributed by atoms with E-state index in [-0.39, 0.29) is 30.8 Å². The molecule has 0 unspecified atom stereocenters. The lowest BCUT2D eigenvalue weighted by atomic mass is 10.1. The van der Waals surface area contributed by atoms with Crippen molar-refractivity contribution in [3.8, 4) is 0 Å². The zero-order valence-electron chi connectivity index (χ0n) is 12.2. The quantitative estimate of drug-likeness (QED) is 0.740. The Morgan fingerprint density at radius 2 is 1.90 bits per heavy atom. The van der Waals surface area contributed by atoms with Crippen LogP contribution in [0.5, 0.6) is 0 Å². The molecular weight excluding hydrogens is 290 g/mol. The van der Waals surface area contributed by atoms with Gasteiger partial charge in [-0.1, -0.05) is 25.1 Å². The van der Waals surface area contributed by atoms with Crippen molar-refractivity contribution in [3.05, 3.63) is 34.9 Å². The van der Waals surface area contributed by atoms with E-state index >= 15 is 0 Å². The van der Waals surface area contributed by atoms with Gasteiger partial charge in [0.2, 0.25) is 11.8 Å². The highest BCUT2D eigenvalue weighted by atomic mass is 35.5. The van der Waals surface area contributed by atoms with E-state index in [2.05, 4.69) is 28.1 Å². The lowest BCUT2D eigenvalue weighted by Gasteiger charge is -2.08. The summed E-state index contributed by atoms with van der Waals surface area (Å²) >= 11 is 0. The Kier molecular flexibility index (Phi) is 7.19. The number of carbonyl (C=O) groups excluding carboxylic acids is 2. The van der Waals surface area contributed by atoms with Gasteiger partial charge in [0.1, 0.15) is 0 Å². The predicted molar refractivity (Wildman–Crippen MR) is 84.0 cm³/mol. The number of hydrogen-bond donors (Lipinski definition) is 3. The van der Waals surface area contributed by atoms with Crippen molar-refractivity contribution in [1.29, 1.82) is 0 Å². The Labute approximate surface area is 131 Å². The van der Waals surface area contributed by atoms with E-state index in [4.69, 9.17) is 0 Å². The molecule has 21 heavy (non-hydrogen) atoms. The molecule has 2 rings (SSSR count). The summed E-state index contributed by atoms with van der Waals surface area (Å²) in [7, 11) is 0. The summed E-state index contributed by atoms with van der Waals surface area (Å²) in [5.74, 6) is -0.237. The lowest BCUT2D eigenvalue weighted by Crippen LogP contribution is -2.36. The van der Waals surface area contributed by atoms with Crippen LogP contribution in [-0.4, -0.2) is 18.4 Å². The second-order valence-corrected chi connectivity index (χ2v) is 5.01. The summed E-state index contributed by atoms with van der Waals surface area (Å²) in [5, 5.41) is 8.70. The van der Waals surface area contributed by atoms with Crippen molar-refractivity contribution in [2.45, 2.75) is 39.4 Å². The SMILES string of the molecule is CCCC(=O)NCC(=O)NCc1ccc2c(c1)CNC2.Cl. The predicted octanol–water partition coefficient (Wildman–Crippen LogP) is 1.24. The maximum atomic E-state index is 11.6. The normalized spacial score (nSPS) is 12.2. The largest absolute Gasteiger partial charge is 0.350 e. The van der Waals surface area contributed by atoms with Crippen LogP contribution >= 0.6 is 12.4 Å². The van der Waals surface area contributed by atoms with Gasteiger partial charge < -0.3 is 16.0 Å². The number of carbonyl (C=O) groups is 2. The molecule has 0 saturated carbocycles. The fourth-order valence-electron chi connectivity index (χ4n) is 2.22. The summed E-state index contributed by atoms with van der Waals surface area (Å²) < 4.78 is 0. The van der Waals surface area contributed by atoms with Crippen molar-refractivity contribution in [3.63, 3.8) is 0 Å². The number of hydrogen-bond acceptors (Lipinski definition) is 3. The molecule has 6 heteroatoms. The Hall–Kier alpha value is -1.59. The number of rotatable bonds is 6. The van der Waals surface area contributed by atoms with Crippen LogP contribution in [0.25, 0.3) is 0 Å². The zero-order valence-corrected chi connectivity index (χ0v) is 13.0. The first-order valence-corrected chi connectivity index (χ1v) is 7.04. The zero-order chi connectivity index (χ0) is 14.4. The highest BCUT2D eigenvalue weighted by Gasteiger charge is 2.10. The standard InChI is InChI=1S/C15H21N3O2.ClH/c1-2-3-14(19)18-10-15(20)17-7-11-4-5-12-8-16-9-13(12)6-11;/h4-6,16H,2-3,7-10H2,1H3,(H,17,20)(H,18,19);1H. The van der Waals surface area contributed by atoms with E-state index in [0.29, 0.717) is 13.0 Å². The Morgan fingerprint density at radius 3 is 2.67 bits per heavy atom. The second kappa shape index (κ2) is 8.64. The number of nitrogens with one attached hydrogen (secondary N) is 3. The van der Waals surface area contributed by atoms with Crippen LogP contribution in [0, 0.1) is 0 Å². The molecule has 0 atom stereocenters. The molecule has 2 amide bonds. The second-order valence-electron chi connectivity index (χ2n) is 5.01. The molecule has 0 aromatic heterocycles. The molecule has 116 valence electrons. The van der Waals surface area contributed by atoms with Gasteiger partial charge in [-0.15, -0.1) is 12.4 Å². The smallest absolute Gasteiger partial charge is 0.239 e. The molecule has 1 heterocycles.